The molecule has 0 aliphatic rings. The highest BCUT2D eigenvalue weighted by Gasteiger charge is 2.36. The van der Waals surface area contributed by atoms with Gasteiger partial charge in [-0.15, -0.1) is 11.8 Å². The summed E-state index contributed by atoms with van der Waals surface area (Å²) >= 11 is 1.63. The van der Waals surface area contributed by atoms with E-state index in [-0.39, 0.29) is 26.2 Å². The monoisotopic (exact) mass is 400 g/mol. The number of urea groups is 1. The fraction of sp³-hybridized carbons (Fsp3) is 0.929. The van der Waals surface area contributed by atoms with Crippen LogP contribution in [-0.4, -0.2) is 99.1 Å². The Morgan fingerprint density at radius 2 is 1.32 bits per heavy atom. The quantitative estimate of drug-likeness (QED) is 0.232. The van der Waals surface area contributed by atoms with Crippen LogP contribution in [0.2, 0.25) is 6.04 Å². The van der Waals surface area contributed by atoms with Crippen molar-refractivity contribution in [2.24, 2.45) is 0 Å². The van der Waals surface area contributed by atoms with Crippen LogP contribution in [0.25, 0.3) is 0 Å². The van der Waals surface area contributed by atoms with Crippen LogP contribution in [0.3, 0.4) is 0 Å². The van der Waals surface area contributed by atoms with Crippen molar-refractivity contribution in [3.05, 3.63) is 0 Å². The molecule has 0 aromatic heterocycles. The fourth-order valence-electron chi connectivity index (χ4n) is 2.08. The first-order chi connectivity index (χ1) is 12.0. The number of ether oxygens (including phenoxy) is 3. The Kier molecular flexibility index (Phi) is 14.5. The van der Waals surface area contributed by atoms with E-state index in [4.69, 9.17) is 27.5 Å². The lowest BCUT2D eigenvalue weighted by molar-refractivity contribution is -0.00732. The molecular formula is C14H32N2O7SSi. The van der Waals surface area contributed by atoms with Gasteiger partial charge in [0, 0.05) is 48.7 Å². The molecule has 0 aromatic carbocycles. The van der Waals surface area contributed by atoms with Gasteiger partial charge in [-0.25, -0.2) is 4.79 Å². The van der Waals surface area contributed by atoms with Crippen molar-refractivity contribution in [2.75, 3.05) is 74.5 Å². The number of nitrogens with zero attached hydrogens (tertiary/aromatic N) is 2. The second-order valence-corrected chi connectivity index (χ2v) is 9.22. The van der Waals surface area contributed by atoms with Gasteiger partial charge in [-0.05, 0) is 12.2 Å². The molecule has 0 N–H and O–H groups in total. The molecule has 0 saturated carbocycles. The van der Waals surface area contributed by atoms with Crippen LogP contribution >= 0.6 is 11.8 Å². The Morgan fingerprint density at radius 3 is 1.76 bits per heavy atom. The molecule has 0 fully saturated rings. The number of thioether (sulfide) groups is 1. The van der Waals surface area contributed by atoms with Crippen LogP contribution in [-0.2, 0) is 27.5 Å². The van der Waals surface area contributed by atoms with Crippen molar-refractivity contribution in [3.8, 4) is 0 Å². The first kappa shape index (κ1) is 24.6. The average Bonchev–Trinajstić information content (AvgIpc) is 2.63. The molecule has 0 radical (unpaired) electrons. The second kappa shape index (κ2) is 14.7. The Bertz CT molecular complexity index is 337. The lowest BCUT2D eigenvalue weighted by Gasteiger charge is -2.29. The zero-order chi connectivity index (χ0) is 19.1. The van der Waals surface area contributed by atoms with Crippen molar-refractivity contribution >= 4 is 26.6 Å². The number of methoxy groups -OCH3 is 3. The minimum absolute atomic E-state index is 0.154. The number of amides is 2. The van der Waals surface area contributed by atoms with Crippen LogP contribution < -0.4 is 0 Å². The van der Waals surface area contributed by atoms with Gasteiger partial charge >= 0.3 is 14.8 Å². The standard InChI is InChI=1S/C14H32N2O7SSi/c1-18-10-15(11-19-2)14(17)16(12-20-3)13-24-8-7-9-25(21-4,22-5)23-6/h7-13H2,1-6H3. The summed E-state index contributed by atoms with van der Waals surface area (Å²) < 4.78 is 31.4. The summed E-state index contributed by atoms with van der Waals surface area (Å²) in [5, 5.41) is 0. The van der Waals surface area contributed by atoms with Crippen molar-refractivity contribution in [3.63, 3.8) is 0 Å². The Hall–Kier alpha value is -0.403. The van der Waals surface area contributed by atoms with Gasteiger partial charge in [0.2, 0.25) is 0 Å². The second-order valence-electron chi connectivity index (χ2n) is 5.05. The van der Waals surface area contributed by atoms with Gasteiger partial charge in [0.25, 0.3) is 0 Å². The largest absolute Gasteiger partial charge is 0.500 e. The van der Waals surface area contributed by atoms with Gasteiger partial charge in [0.15, 0.2) is 0 Å². The van der Waals surface area contributed by atoms with E-state index in [2.05, 4.69) is 0 Å². The molecular weight excluding hydrogens is 368 g/mol. The predicted molar refractivity (Wildman–Crippen MR) is 98.2 cm³/mol. The summed E-state index contributed by atoms with van der Waals surface area (Å²) in [6, 6.07) is 0.522. The zero-order valence-electron chi connectivity index (χ0n) is 16.1. The van der Waals surface area contributed by atoms with Gasteiger partial charge in [0.05, 0.1) is 5.88 Å². The first-order valence-electron chi connectivity index (χ1n) is 7.78. The Labute approximate surface area is 156 Å². The van der Waals surface area contributed by atoms with Crippen LogP contribution in [0.5, 0.6) is 0 Å². The summed E-state index contributed by atoms with van der Waals surface area (Å²) in [5.41, 5.74) is 0. The molecule has 0 bridgehead atoms. The molecule has 0 spiro atoms. The van der Waals surface area contributed by atoms with Crippen molar-refractivity contribution in [1.82, 2.24) is 9.80 Å². The van der Waals surface area contributed by atoms with Gasteiger partial charge in [-0.1, -0.05) is 0 Å². The number of hydrogen-bond donors (Lipinski definition) is 0. The number of rotatable bonds is 15. The van der Waals surface area contributed by atoms with Gasteiger partial charge < -0.3 is 27.5 Å². The van der Waals surface area contributed by atoms with Crippen molar-refractivity contribution in [2.45, 2.75) is 12.5 Å². The SMILES string of the molecule is COCN(COC)C(=O)N(COC)CSCCC[Si](OC)(OC)OC. The maximum Gasteiger partial charge on any atom is 0.500 e. The number of carbonyl (C=O) groups excluding carboxylic acids is 1. The lowest BCUT2D eigenvalue weighted by atomic mass is 10.6. The smallest absolute Gasteiger partial charge is 0.377 e. The van der Waals surface area contributed by atoms with E-state index in [9.17, 15) is 4.79 Å². The first-order valence-corrected chi connectivity index (χ1v) is 10.9. The molecule has 0 rings (SSSR count). The van der Waals surface area contributed by atoms with E-state index in [1.807, 2.05) is 0 Å². The minimum atomic E-state index is -2.53. The normalized spacial score (nSPS) is 11.6. The third kappa shape index (κ3) is 9.20. The van der Waals surface area contributed by atoms with Gasteiger partial charge in [-0.3, -0.25) is 9.80 Å². The van der Waals surface area contributed by atoms with E-state index < -0.39 is 8.80 Å². The topological polar surface area (TPSA) is 78.9 Å². The highest BCUT2D eigenvalue weighted by atomic mass is 32.2. The van der Waals surface area contributed by atoms with E-state index in [0.29, 0.717) is 5.88 Å². The highest BCUT2D eigenvalue weighted by molar-refractivity contribution is 7.99. The summed E-state index contributed by atoms with van der Waals surface area (Å²) in [7, 11) is 6.89. The number of hydrogen-bond acceptors (Lipinski definition) is 8. The molecule has 0 unspecified atom stereocenters. The third-order valence-corrected chi connectivity index (χ3v) is 7.25. The summed E-state index contributed by atoms with van der Waals surface area (Å²) in [6.07, 6.45) is 0.862. The van der Waals surface area contributed by atoms with Crippen LogP contribution in [0.15, 0.2) is 0 Å². The Morgan fingerprint density at radius 1 is 0.840 bits per heavy atom. The maximum absolute atomic E-state index is 12.5. The molecule has 0 atom stereocenters. The van der Waals surface area contributed by atoms with E-state index in [1.165, 1.54) is 19.1 Å². The molecule has 0 saturated heterocycles. The molecule has 150 valence electrons. The third-order valence-electron chi connectivity index (χ3n) is 3.35. The molecule has 11 heteroatoms. The molecule has 0 aliphatic carbocycles. The lowest BCUT2D eigenvalue weighted by Crippen LogP contribution is -2.45. The molecule has 2 amide bonds. The highest BCUT2D eigenvalue weighted by Crippen LogP contribution is 2.18. The van der Waals surface area contributed by atoms with Gasteiger partial charge in [-0.2, -0.15) is 0 Å². The molecule has 0 aromatic rings. The summed E-state index contributed by atoms with van der Waals surface area (Å²) in [5.74, 6) is 1.34. The van der Waals surface area contributed by atoms with Gasteiger partial charge in [0.1, 0.15) is 20.2 Å². The zero-order valence-corrected chi connectivity index (χ0v) is 17.9. The van der Waals surface area contributed by atoms with E-state index in [0.717, 1.165) is 18.2 Å². The summed E-state index contributed by atoms with van der Waals surface area (Å²) in [6.45, 7) is 0.505. The molecule has 25 heavy (non-hydrogen) atoms. The fourth-order valence-corrected chi connectivity index (χ4v) is 4.95. The van der Waals surface area contributed by atoms with E-state index in [1.54, 1.807) is 45.1 Å². The average molecular weight is 401 g/mol. The maximum atomic E-state index is 12.5. The molecule has 0 heterocycles. The van der Waals surface area contributed by atoms with Crippen LogP contribution in [0.1, 0.15) is 6.42 Å². The molecule has 9 nitrogen and oxygen atoms in total. The van der Waals surface area contributed by atoms with Crippen molar-refractivity contribution < 1.29 is 32.3 Å². The van der Waals surface area contributed by atoms with Crippen LogP contribution in [0.4, 0.5) is 4.79 Å². The van der Waals surface area contributed by atoms with Crippen molar-refractivity contribution in [1.29, 1.82) is 0 Å². The number of carbonyl (C=O) groups is 1. The van der Waals surface area contributed by atoms with E-state index >= 15 is 0 Å². The predicted octanol–water partition coefficient (Wildman–Crippen LogP) is 1.48. The Balaban J connectivity index is 4.41. The van der Waals surface area contributed by atoms with Crippen LogP contribution in [0, 0.1) is 0 Å². The minimum Gasteiger partial charge on any atom is -0.377 e. The summed E-state index contributed by atoms with van der Waals surface area (Å²) in [4.78, 5) is 15.6. The molecule has 0 aliphatic heterocycles.